The van der Waals surface area contributed by atoms with Crippen LogP contribution in [0.1, 0.15) is 67.8 Å². The number of ether oxygens (including phenoxy) is 6. The highest BCUT2D eigenvalue weighted by Crippen LogP contribution is 2.55. The maximum absolute atomic E-state index is 18.2. The van der Waals surface area contributed by atoms with E-state index in [4.69, 9.17) is 38.2 Å². The van der Waals surface area contributed by atoms with Crippen LogP contribution in [0.15, 0.2) is 40.6 Å². The molecule has 0 spiro atoms. The van der Waals surface area contributed by atoms with Crippen molar-refractivity contribution in [2.75, 3.05) is 19.4 Å². The number of rotatable bonds is 12. The van der Waals surface area contributed by atoms with Gasteiger partial charge in [-0.25, -0.2) is 26.2 Å². The molecule has 2 aliphatic heterocycles. The molecule has 0 radical (unpaired) electrons. The Hall–Kier alpha value is -7.56. The first kappa shape index (κ1) is 51.3. The molecule has 7 rings (SSSR count). The molecule has 1 aromatic heterocycles. The number of thiophene rings is 1. The number of nitrogens with one attached hydrogen (secondary N) is 3. The van der Waals surface area contributed by atoms with Crippen molar-refractivity contribution < 1.29 is 92.8 Å². The highest BCUT2D eigenvalue weighted by Gasteiger charge is 2.39. The number of nitriles is 1. The average molecular weight is 1040 g/mol. The lowest BCUT2D eigenvalue weighted by atomic mass is 9.88. The fraction of sp³-hybridized carbons (Fsp3) is 0.250. The summed E-state index contributed by atoms with van der Waals surface area (Å²) in [5.74, 6) is -15.3. The summed E-state index contributed by atoms with van der Waals surface area (Å²) in [6.45, 7) is 6.25. The standard InChI is InChI=1S/C44H36F3N4O17PS2/c1-17-14-49-43(56)34-38(64-19(3)52)25(10-29(62-17)40(34)66-21(5)54)32-33(26-11-30-41(67-22(6)55)35(39(26)65-20(4)53)44(57)50-15-18(2)63-30)37(47)42-27(36(32)46)12-31(70-42)71(60,61)51-16-69(58,59)68-24-8-7-23(13-48)28(45)9-24/h7-12,17-18,51H,14-16H2,1-6H3,(H,49,56)(H,50,57)(H,58,59). The Bertz CT molecular complexity index is 3220. The van der Waals surface area contributed by atoms with Crippen LogP contribution in [0.3, 0.4) is 0 Å². The van der Waals surface area contributed by atoms with Crippen LogP contribution in [0.4, 0.5) is 13.2 Å². The number of benzene rings is 4. The number of fused-ring (bicyclic) bond motifs is 5. The van der Waals surface area contributed by atoms with Crippen molar-refractivity contribution in [1.29, 1.82) is 5.26 Å². The SMILES string of the molecule is CC(=O)Oc1c2cc(-c3c(-c4cc5c(OC(C)=O)c(c4OC(C)=O)C(=O)NCC(C)O5)c(F)c4sc(S(=O)(=O)NCP(=O)(O)Oc5ccc(C#N)c(F)c5)cc4c3F)c(OC(C)=O)c1C(=O)NCC(C)O2. The van der Waals surface area contributed by atoms with E-state index < -0.39 is 183 Å². The Balaban J connectivity index is 1.58. The summed E-state index contributed by atoms with van der Waals surface area (Å²) >= 11 is 0.0620. The third-order valence-electron chi connectivity index (χ3n) is 9.99. The number of carbonyl (C=O) groups is 6. The quantitative estimate of drug-likeness (QED) is 0.0657. The molecule has 4 N–H and O–H groups in total. The summed E-state index contributed by atoms with van der Waals surface area (Å²) in [5.41, 5.74) is -5.41. The molecule has 3 unspecified atom stereocenters. The van der Waals surface area contributed by atoms with E-state index in [9.17, 15) is 51.0 Å². The number of hydrogen-bond donors (Lipinski definition) is 4. The second-order valence-corrected chi connectivity index (χ2v) is 20.4. The number of hydrogen-bond acceptors (Lipinski definition) is 18. The summed E-state index contributed by atoms with van der Waals surface area (Å²) in [6, 6.07) is 6.50. The molecule has 0 saturated heterocycles. The molecule has 21 nitrogen and oxygen atoms in total. The monoisotopic (exact) mass is 1040 g/mol. The van der Waals surface area contributed by atoms with Gasteiger partial charge in [0.05, 0.1) is 23.4 Å². The molecule has 0 fully saturated rings. The maximum Gasteiger partial charge on any atom is 0.391 e. The summed E-state index contributed by atoms with van der Waals surface area (Å²) < 4.78 is 130. The Morgan fingerprint density at radius 1 is 0.775 bits per heavy atom. The van der Waals surface area contributed by atoms with Gasteiger partial charge in [0.15, 0.2) is 34.5 Å². The van der Waals surface area contributed by atoms with Gasteiger partial charge in [-0.2, -0.15) is 9.98 Å². The molecule has 5 aromatic rings. The minimum absolute atomic E-state index is 0.0620. The van der Waals surface area contributed by atoms with Crippen LogP contribution in [-0.2, 0) is 33.8 Å². The van der Waals surface area contributed by atoms with E-state index in [2.05, 4.69) is 10.6 Å². The number of carbonyl (C=O) groups excluding carboxylic acids is 6. The molecule has 2 amide bonds. The summed E-state index contributed by atoms with van der Waals surface area (Å²) in [7, 11) is -10.1. The number of esters is 4. The molecule has 71 heavy (non-hydrogen) atoms. The van der Waals surface area contributed by atoms with E-state index in [1.54, 1.807) is 6.07 Å². The van der Waals surface area contributed by atoms with Crippen LogP contribution in [0, 0.1) is 28.8 Å². The normalized spacial score (nSPS) is 16.2. The van der Waals surface area contributed by atoms with Crippen LogP contribution < -0.4 is 48.3 Å². The van der Waals surface area contributed by atoms with Crippen LogP contribution in [-0.4, -0.2) is 80.6 Å². The molecule has 2 aliphatic rings. The third-order valence-corrected chi connectivity index (χ3v) is 14.3. The van der Waals surface area contributed by atoms with Gasteiger partial charge in [-0.3, -0.25) is 28.8 Å². The van der Waals surface area contributed by atoms with E-state index in [-0.39, 0.29) is 24.4 Å². The van der Waals surface area contributed by atoms with Crippen molar-refractivity contribution in [1.82, 2.24) is 15.4 Å². The van der Waals surface area contributed by atoms with Gasteiger partial charge in [-0.15, -0.1) is 11.3 Å². The molecule has 0 saturated carbocycles. The van der Waals surface area contributed by atoms with Gasteiger partial charge in [0.1, 0.15) is 63.1 Å². The average Bonchev–Trinajstić information content (AvgIpc) is 3.74. The topological polar surface area (TPSA) is 298 Å². The van der Waals surface area contributed by atoms with Crippen LogP contribution in [0.5, 0.6) is 40.2 Å². The van der Waals surface area contributed by atoms with E-state index >= 15 is 8.78 Å². The Morgan fingerprint density at radius 3 is 1.69 bits per heavy atom. The van der Waals surface area contributed by atoms with Gasteiger partial charge >= 0.3 is 31.5 Å². The largest absolute Gasteiger partial charge is 0.485 e. The molecule has 4 bridgehead atoms. The smallest absolute Gasteiger partial charge is 0.391 e. The summed E-state index contributed by atoms with van der Waals surface area (Å²) in [4.78, 5) is 89.4. The van der Waals surface area contributed by atoms with Crippen LogP contribution >= 0.6 is 18.9 Å². The highest BCUT2D eigenvalue weighted by molar-refractivity contribution is 7.92. The second kappa shape index (κ2) is 19.7. The molecule has 4 aromatic carbocycles. The molecular formula is C44H36F3N4O17PS2. The highest BCUT2D eigenvalue weighted by atomic mass is 32.2. The van der Waals surface area contributed by atoms with Crippen molar-refractivity contribution in [3.8, 4) is 68.6 Å². The molecule has 372 valence electrons. The first-order chi connectivity index (χ1) is 33.3. The van der Waals surface area contributed by atoms with Gasteiger partial charge in [-0.05, 0) is 44.2 Å². The van der Waals surface area contributed by atoms with E-state index in [0.29, 0.717) is 12.1 Å². The van der Waals surface area contributed by atoms with Gasteiger partial charge in [0.25, 0.3) is 21.8 Å². The molecule has 3 heterocycles. The Labute approximate surface area is 403 Å². The van der Waals surface area contributed by atoms with E-state index in [0.717, 1.165) is 52.0 Å². The van der Waals surface area contributed by atoms with Crippen LogP contribution in [0.25, 0.3) is 32.3 Å². The molecular weight excluding hydrogens is 1010 g/mol. The fourth-order valence-electron chi connectivity index (χ4n) is 7.24. The second-order valence-electron chi connectivity index (χ2n) is 15.5. The minimum Gasteiger partial charge on any atom is -0.485 e. The Morgan fingerprint density at radius 2 is 1.24 bits per heavy atom. The summed E-state index contributed by atoms with van der Waals surface area (Å²) in [5, 5.41) is 13.1. The van der Waals surface area contributed by atoms with Crippen molar-refractivity contribution in [3.63, 3.8) is 0 Å². The molecule has 0 aliphatic carbocycles. The number of sulfonamides is 1. The van der Waals surface area contributed by atoms with Gasteiger partial charge in [0, 0.05) is 61.4 Å². The van der Waals surface area contributed by atoms with Crippen molar-refractivity contribution in [2.24, 2.45) is 0 Å². The molecule has 3 atom stereocenters. The lowest BCUT2D eigenvalue weighted by Crippen LogP contribution is -2.36. The number of amides is 2. The van der Waals surface area contributed by atoms with E-state index in [1.165, 1.54) is 13.8 Å². The first-order valence-electron chi connectivity index (χ1n) is 20.5. The third kappa shape index (κ3) is 10.5. The Kier molecular flexibility index (Phi) is 14.2. The maximum atomic E-state index is 18.2. The number of nitrogens with zero attached hydrogens (tertiary/aromatic N) is 1. The van der Waals surface area contributed by atoms with Crippen LogP contribution in [0.2, 0.25) is 0 Å². The molecule has 27 heteroatoms. The van der Waals surface area contributed by atoms with Crippen molar-refractivity contribution >= 4 is 74.7 Å². The number of halogens is 3. The van der Waals surface area contributed by atoms with Gasteiger partial charge in [0.2, 0.25) is 0 Å². The predicted octanol–water partition coefficient (Wildman–Crippen LogP) is 5.75. The zero-order valence-corrected chi connectivity index (χ0v) is 40.1. The predicted molar refractivity (Wildman–Crippen MR) is 239 cm³/mol. The summed E-state index contributed by atoms with van der Waals surface area (Å²) in [6.07, 6.45) is -3.24. The minimum atomic E-state index is -5.07. The van der Waals surface area contributed by atoms with Crippen molar-refractivity contribution in [2.45, 2.75) is 58.0 Å². The zero-order chi connectivity index (χ0) is 52.0. The first-order valence-corrected chi connectivity index (χ1v) is 24.6. The van der Waals surface area contributed by atoms with E-state index in [1.807, 2.05) is 4.72 Å². The lowest BCUT2D eigenvalue weighted by Gasteiger charge is -2.28. The lowest BCUT2D eigenvalue weighted by molar-refractivity contribution is -0.133. The van der Waals surface area contributed by atoms with Crippen molar-refractivity contribution in [3.05, 3.63) is 70.5 Å². The fourth-order valence-corrected chi connectivity index (χ4v) is 11.2. The van der Waals surface area contributed by atoms with Gasteiger partial charge < -0.3 is 48.5 Å². The zero-order valence-electron chi connectivity index (χ0n) is 37.6. The van der Waals surface area contributed by atoms with Gasteiger partial charge in [-0.1, -0.05) is 0 Å².